The maximum absolute atomic E-state index is 12.3. The Morgan fingerprint density at radius 2 is 2.07 bits per heavy atom. The maximum atomic E-state index is 12.3. The third-order valence-electron chi connectivity index (χ3n) is 5.25. The van der Waals surface area contributed by atoms with Gasteiger partial charge in [-0.25, -0.2) is 8.42 Å². The van der Waals surface area contributed by atoms with Crippen molar-refractivity contribution in [3.05, 3.63) is 23.9 Å². The minimum absolute atomic E-state index is 0.434. The van der Waals surface area contributed by atoms with Gasteiger partial charge in [0, 0.05) is 48.9 Å². The first-order valence-corrected chi connectivity index (χ1v) is 11.3. The van der Waals surface area contributed by atoms with E-state index in [0.717, 1.165) is 35.1 Å². The SMILES string of the molecule is CCOC(=NC)c1cc(N2CCN(S(C)(=O)=O)C(C)(C)CC2)c2cn[nH]c2c1. The van der Waals surface area contributed by atoms with Crippen molar-refractivity contribution in [2.45, 2.75) is 32.7 Å². The number of benzene rings is 1. The van der Waals surface area contributed by atoms with Crippen molar-refractivity contribution in [3.8, 4) is 0 Å². The van der Waals surface area contributed by atoms with Crippen LogP contribution in [0.2, 0.25) is 0 Å². The van der Waals surface area contributed by atoms with Gasteiger partial charge < -0.3 is 9.64 Å². The lowest BCUT2D eigenvalue weighted by atomic mass is 10.0. The van der Waals surface area contributed by atoms with Crippen LogP contribution >= 0.6 is 0 Å². The van der Waals surface area contributed by atoms with E-state index in [1.807, 2.05) is 33.0 Å². The van der Waals surface area contributed by atoms with Crippen molar-refractivity contribution >= 4 is 32.5 Å². The Morgan fingerprint density at radius 3 is 2.71 bits per heavy atom. The molecule has 0 radical (unpaired) electrons. The van der Waals surface area contributed by atoms with Crippen molar-refractivity contribution in [2.24, 2.45) is 4.99 Å². The van der Waals surface area contributed by atoms with Gasteiger partial charge in [-0.3, -0.25) is 10.1 Å². The Hall–Kier alpha value is -2.13. The topological polar surface area (TPSA) is 90.9 Å². The molecule has 0 unspecified atom stereocenters. The second-order valence-corrected chi connectivity index (χ2v) is 9.58. The van der Waals surface area contributed by atoms with E-state index in [1.54, 1.807) is 11.4 Å². The zero-order valence-corrected chi connectivity index (χ0v) is 18.0. The first-order chi connectivity index (χ1) is 13.2. The van der Waals surface area contributed by atoms with Gasteiger partial charge in [0.2, 0.25) is 15.9 Å². The molecule has 3 rings (SSSR count). The molecule has 1 N–H and O–H groups in total. The second-order valence-electron chi connectivity index (χ2n) is 7.67. The van der Waals surface area contributed by atoms with Gasteiger partial charge in [-0.05, 0) is 39.3 Å². The molecular formula is C19H29N5O3S. The molecule has 1 fully saturated rings. The molecule has 0 saturated carbocycles. The number of ether oxygens (including phenoxy) is 1. The van der Waals surface area contributed by atoms with Gasteiger partial charge in [0.25, 0.3) is 0 Å². The molecule has 1 aliphatic rings. The Bertz CT molecular complexity index is 981. The molecule has 0 atom stereocenters. The van der Waals surface area contributed by atoms with E-state index in [1.165, 1.54) is 6.26 Å². The van der Waals surface area contributed by atoms with Crippen LogP contribution in [-0.4, -0.2) is 73.9 Å². The number of aliphatic imine (C=N–C) groups is 1. The lowest BCUT2D eigenvalue weighted by Crippen LogP contribution is -2.47. The predicted molar refractivity (Wildman–Crippen MR) is 113 cm³/mol. The first kappa shape index (κ1) is 20.6. The van der Waals surface area contributed by atoms with E-state index in [4.69, 9.17) is 4.74 Å². The van der Waals surface area contributed by atoms with Crippen LogP contribution in [0.1, 0.15) is 32.8 Å². The highest BCUT2D eigenvalue weighted by Crippen LogP contribution is 2.32. The van der Waals surface area contributed by atoms with Gasteiger partial charge in [-0.1, -0.05) is 0 Å². The summed E-state index contributed by atoms with van der Waals surface area (Å²) in [4.78, 5) is 6.50. The predicted octanol–water partition coefficient (Wildman–Crippen LogP) is 2.23. The molecular weight excluding hydrogens is 378 g/mol. The number of H-pyrrole nitrogens is 1. The molecule has 0 amide bonds. The van der Waals surface area contributed by atoms with Gasteiger partial charge in [-0.15, -0.1) is 0 Å². The van der Waals surface area contributed by atoms with Crippen LogP contribution in [0.4, 0.5) is 5.69 Å². The number of fused-ring (bicyclic) bond motifs is 1. The van der Waals surface area contributed by atoms with Crippen molar-refractivity contribution in [3.63, 3.8) is 0 Å². The van der Waals surface area contributed by atoms with E-state index in [9.17, 15) is 8.42 Å². The molecule has 1 aliphatic heterocycles. The highest BCUT2D eigenvalue weighted by molar-refractivity contribution is 7.88. The summed E-state index contributed by atoms with van der Waals surface area (Å²) in [5, 5.41) is 8.23. The summed E-state index contributed by atoms with van der Waals surface area (Å²) < 4.78 is 31.8. The summed E-state index contributed by atoms with van der Waals surface area (Å²) in [5.74, 6) is 0.577. The van der Waals surface area contributed by atoms with Crippen molar-refractivity contribution < 1.29 is 13.2 Å². The fourth-order valence-corrected chi connectivity index (χ4v) is 5.25. The molecule has 154 valence electrons. The fourth-order valence-electron chi connectivity index (χ4n) is 3.85. The van der Waals surface area contributed by atoms with Gasteiger partial charge >= 0.3 is 0 Å². The normalized spacial score (nSPS) is 19.0. The molecule has 2 heterocycles. The zero-order chi connectivity index (χ0) is 20.5. The molecule has 1 aromatic carbocycles. The summed E-state index contributed by atoms with van der Waals surface area (Å²) in [6, 6.07) is 4.04. The summed E-state index contributed by atoms with van der Waals surface area (Å²) in [6.45, 7) is 8.22. The maximum Gasteiger partial charge on any atom is 0.215 e. The molecule has 8 nitrogen and oxygen atoms in total. The molecule has 28 heavy (non-hydrogen) atoms. The summed E-state index contributed by atoms with van der Waals surface area (Å²) in [5.41, 5.74) is 2.35. The largest absolute Gasteiger partial charge is 0.478 e. The minimum Gasteiger partial charge on any atom is -0.478 e. The highest BCUT2D eigenvalue weighted by Gasteiger charge is 2.36. The molecule has 2 aromatic rings. The van der Waals surface area contributed by atoms with Gasteiger partial charge in [-0.2, -0.15) is 9.40 Å². The summed E-state index contributed by atoms with van der Waals surface area (Å²) >= 11 is 0. The van der Waals surface area contributed by atoms with Crippen molar-refractivity contribution in [1.82, 2.24) is 14.5 Å². The highest BCUT2D eigenvalue weighted by atomic mass is 32.2. The third-order valence-corrected chi connectivity index (χ3v) is 6.73. The van der Waals surface area contributed by atoms with Crippen LogP contribution in [0.25, 0.3) is 10.9 Å². The molecule has 0 aliphatic carbocycles. The number of nitrogens with zero attached hydrogens (tertiary/aromatic N) is 4. The first-order valence-electron chi connectivity index (χ1n) is 9.47. The van der Waals surface area contributed by atoms with Crippen LogP contribution in [0.3, 0.4) is 0 Å². The molecule has 1 aromatic heterocycles. The monoisotopic (exact) mass is 407 g/mol. The number of rotatable bonds is 4. The van der Waals surface area contributed by atoms with Crippen molar-refractivity contribution in [1.29, 1.82) is 0 Å². The second kappa shape index (κ2) is 7.71. The average molecular weight is 408 g/mol. The van der Waals surface area contributed by atoms with E-state index in [2.05, 4.69) is 26.2 Å². The Balaban J connectivity index is 2.02. The number of anilines is 1. The van der Waals surface area contributed by atoms with Crippen LogP contribution in [0.15, 0.2) is 23.3 Å². The number of aromatic nitrogens is 2. The van der Waals surface area contributed by atoms with Gasteiger partial charge in [0.1, 0.15) is 0 Å². The molecule has 0 spiro atoms. The van der Waals surface area contributed by atoms with Crippen LogP contribution < -0.4 is 4.90 Å². The standard InChI is InChI=1S/C19H29N5O3S/c1-6-27-18(20-4)14-11-16-15(13-21-22-16)17(12-14)23-8-7-19(2,3)24(10-9-23)28(5,25)26/h11-13H,6-10H2,1-5H3,(H,21,22). The van der Waals surface area contributed by atoms with Gasteiger partial charge in [0.15, 0.2) is 0 Å². The third kappa shape index (κ3) is 4.00. The summed E-state index contributed by atoms with van der Waals surface area (Å²) in [6.07, 6.45) is 3.82. The number of sulfonamides is 1. The van der Waals surface area contributed by atoms with Crippen LogP contribution in [0.5, 0.6) is 0 Å². The summed E-state index contributed by atoms with van der Waals surface area (Å²) in [7, 11) is -1.57. The van der Waals surface area contributed by atoms with E-state index in [0.29, 0.717) is 25.6 Å². The quantitative estimate of drug-likeness (QED) is 0.620. The fraction of sp³-hybridized carbons (Fsp3) is 0.579. The lowest BCUT2D eigenvalue weighted by Gasteiger charge is -2.34. The van der Waals surface area contributed by atoms with Crippen molar-refractivity contribution in [2.75, 3.05) is 44.4 Å². The Morgan fingerprint density at radius 1 is 1.32 bits per heavy atom. The Kier molecular flexibility index (Phi) is 5.67. The number of hydrogen-bond acceptors (Lipinski definition) is 6. The number of nitrogens with one attached hydrogen (secondary N) is 1. The smallest absolute Gasteiger partial charge is 0.215 e. The van der Waals surface area contributed by atoms with E-state index in [-0.39, 0.29) is 0 Å². The van der Waals surface area contributed by atoms with Gasteiger partial charge in [0.05, 0.1) is 24.6 Å². The molecule has 9 heteroatoms. The van der Waals surface area contributed by atoms with E-state index >= 15 is 0 Å². The van der Waals surface area contributed by atoms with Crippen LogP contribution in [-0.2, 0) is 14.8 Å². The number of hydrogen-bond donors (Lipinski definition) is 1. The lowest BCUT2D eigenvalue weighted by molar-refractivity contribution is 0.237. The molecule has 1 saturated heterocycles. The van der Waals surface area contributed by atoms with Crippen LogP contribution in [0, 0.1) is 0 Å². The number of aromatic amines is 1. The zero-order valence-electron chi connectivity index (χ0n) is 17.2. The van der Waals surface area contributed by atoms with E-state index < -0.39 is 15.6 Å². The average Bonchev–Trinajstić information content (AvgIpc) is 3.02. The minimum atomic E-state index is -3.28. The Labute approximate surface area is 166 Å². The molecule has 0 bridgehead atoms.